The van der Waals surface area contributed by atoms with E-state index in [9.17, 15) is 0 Å². The van der Waals surface area contributed by atoms with Crippen molar-refractivity contribution in [3.05, 3.63) is 12.2 Å². The number of nitrogens with zero attached hydrogens (tertiary/aromatic N) is 1. The van der Waals surface area contributed by atoms with E-state index in [4.69, 9.17) is 0 Å². The molecule has 0 aliphatic heterocycles. The zero-order chi connectivity index (χ0) is 5.70. The van der Waals surface area contributed by atoms with E-state index in [0.29, 0.717) is 0 Å². The lowest BCUT2D eigenvalue weighted by molar-refractivity contribution is 0.456. The lowest BCUT2D eigenvalue weighted by Gasteiger charge is -2.02. The first-order valence-corrected chi connectivity index (χ1v) is 2.53. The zero-order valence-corrected chi connectivity index (χ0v) is 7.43. The highest BCUT2D eigenvalue weighted by Gasteiger charge is 1.77. The molecule has 0 radical (unpaired) electrons. The van der Waals surface area contributed by atoms with Crippen LogP contribution in [0.3, 0.4) is 0 Å². The topological polar surface area (TPSA) is 3.24 Å². The van der Waals surface area contributed by atoms with E-state index < -0.39 is 0 Å². The summed E-state index contributed by atoms with van der Waals surface area (Å²) in [7, 11) is 4.11. The molecular weight excluding hydrogens is 166 g/mol. The Balaban J connectivity index is 0. The molecule has 1 nitrogen and oxygen atoms in total. The van der Waals surface area contributed by atoms with E-state index in [1.807, 2.05) is 6.92 Å². The third-order valence-corrected chi connectivity index (χ3v) is 0.706. The summed E-state index contributed by atoms with van der Waals surface area (Å²) in [6.07, 6.45) is 4.18. The van der Waals surface area contributed by atoms with Crippen molar-refractivity contribution in [2.75, 3.05) is 20.6 Å². The molecular formula is C6H14BrN. The normalized spacial score (nSPS) is 10.0. The van der Waals surface area contributed by atoms with Crippen molar-refractivity contribution in [2.45, 2.75) is 6.92 Å². The van der Waals surface area contributed by atoms with E-state index in [0.717, 1.165) is 6.54 Å². The minimum atomic E-state index is 0. The van der Waals surface area contributed by atoms with Gasteiger partial charge in [-0.3, -0.25) is 0 Å². The molecule has 0 bridgehead atoms. The van der Waals surface area contributed by atoms with Gasteiger partial charge in [0, 0.05) is 6.54 Å². The van der Waals surface area contributed by atoms with Crippen LogP contribution in [-0.4, -0.2) is 25.5 Å². The lowest BCUT2D eigenvalue weighted by Crippen LogP contribution is -2.10. The summed E-state index contributed by atoms with van der Waals surface area (Å²) >= 11 is 0. The number of halogens is 1. The largest absolute Gasteiger partial charge is 0.306 e. The van der Waals surface area contributed by atoms with Crippen molar-refractivity contribution in [2.24, 2.45) is 0 Å². The second-order valence-corrected chi connectivity index (χ2v) is 1.83. The van der Waals surface area contributed by atoms with Crippen LogP contribution in [0.25, 0.3) is 0 Å². The van der Waals surface area contributed by atoms with Gasteiger partial charge in [-0.15, -0.1) is 17.0 Å². The fraction of sp³-hybridized carbons (Fsp3) is 0.667. The third-order valence-electron chi connectivity index (χ3n) is 0.706. The summed E-state index contributed by atoms with van der Waals surface area (Å²) in [5.41, 5.74) is 0. The molecule has 0 atom stereocenters. The Hall–Kier alpha value is 0.180. The van der Waals surface area contributed by atoms with Crippen LogP contribution >= 0.6 is 17.0 Å². The first-order chi connectivity index (χ1) is 3.27. The Morgan fingerprint density at radius 3 is 2.00 bits per heavy atom. The van der Waals surface area contributed by atoms with Gasteiger partial charge in [0.05, 0.1) is 0 Å². The van der Waals surface area contributed by atoms with Crippen LogP contribution in [0.4, 0.5) is 0 Å². The molecule has 0 unspecified atom stereocenters. The molecule has 0 aromatic heterocycles. The molecule has 8 heavy (non-hydrogen) atoms. The molecule has 0 heterocycles. The number of rotatable bonds is 2. The Bertz CT molecular complexity index is 59.5. The van der Waals surface area contributed by atoms with Crippen molar-refractivity contribution in [3.63, 3.8) is 0 Å². The first kappa shape index (κ1) is 11.0. The third kappa shape index (κ3) is 9.49. The smallest absolute Gasteiger partial charge is 0.0157 e. The van der Waals surface area contributed by atoms with Crippen LogP contribution in [0.5, 0.6) is 0 Å². The van der Waals surface area contributed by atoms with Gasteiger partial charge in [-0.05, 0) is 21.0 Å². The molecule has 0 aromatic rings. The number of hydrogen-bond acceptors (Lipinski definition) is 1. The van der Waals surface area contributed by atoms with Crippen molar-refractivity contribution >= 4 is 17.0 Å². The molecule has 0 amide bonds. The average Bonchev–Trinajstić information content (AvgIpc) is 1.61. The summed E-state index contributed by atoms with van der Waals surface area (Å²) in [6.45, 7) is 3.08. The SMILES string of the molecule is Br.CC=CCN(C)C. The summed E-state index contributed by atoms with van der Waals surface area (Å²) in [4.78, 5) is 2.12. The molecule has 0 aliphatic rings. The minimum absolute atomic E-state index is 0. The Labute approximate surface area is 62.1 Å². The predicted octanol–water partition coefficient (Wildman–Crippen LogP) is 1.70. The molecule has 0 N–H and O–H groups in total. The van der Waals surface area contributed by atoms with Gasteiger partial charge in [0.1, 0.15) is 0 Å². The zero-order valence-electron chi connectivity index (χ0n) is 5.72. The summed E-state index contributed by atoms with van der Waals surface area (Å²) in [5.74, 6) is 0. The van der Waals surface area contributed by atoms with Gasteiger partial charge >= 0.3 is 0 Å². The van der Waals surface area contributed by atoms with Crippen LogP contribution in [0.1, 0.15) is 6.92 Å². The van der Waals surface area contributed by atoms with Crippen LogP contribution < -0.4 is 0 Å². The van der Waals surface area contributed by atoms with Crippen LogP contribution in [0, 0.1) is 0 Å². The minimum Gasteiger partial charge on any atom is -0.306 e. The van der Waals surface area contributed by atoms with Gasteiger partial charge in [0.15, 0.2) is 0 Å². The summed E-state index contributed by atoms with van der Waals surface area (Å²) < 4.78 is 0. The molecule has 0 fully saturated rings. The second-order valence-electron chi connectivity index (χ2n) is 1.83. The fourth-order valence-electron chi connectivity index (χ4n) is 0.316. The number of likely N-dealkylation sites (N-methyl/N-ethyl adjacent to an activating group) is 1. The Morgan fingerprint density at radius 2 is 1.88 bits per heavy atom. The van der Waals surface area contributed by atoms with Gasteiger partial charge in [-0.25, -0.2) is 0 Å². The van der Waals surface area contributed by atoms with Crippen molar-refractivity contribution in [1.82, 2.24) is 4.90 Å². The summed E-state index contributed by atoms with van der Waals surface area (Å²) in [6, 6.07) is 0. The second kappa shape index (κ2) is 7.18. The maximum Gasteiger partial charge on any atom is 0.0157 e. The lowest BCUT2D eigenvalue weighted by atomic mass is 10.5. The Morgan fingerprint density at radius 1 is 1.38 bits per heavy atom. The predicted molar refractivity (Wildman–Crippen MR) is 43.7 cm³/mol. The van der Waals surface area contributed by atoms with E-state index in [2.05, 4.69) is 31.1 Å². The monoisotopic (exact) mass is 179 g/mol. The van der Waals surface area contributed by atoms with Gasteiger partial charge in [0.2, 0.25) is 0 Å². The molecule has 50 valence electrons. The maximum absolute atomic E-state index is 2.12. The summed E-state index contributed by atoms with van der Waals surface area (Å²) in [5, 5.41) is 0. The molecule has 0 rings (SSSR count). The van der Waals surface area contributed by atoms with Crippen molar-refractivity contribution in [1.29, 1.82) is 0 Å². The molecule has 0 spiro atoms. The Kier molecular flexibility index (Phi) is 9.91. The molecule has 0 saturated carbocycles. The van der Waals surface area contributed by atoms with Gasteiger partial charge in [-0.2, -0.15) is 0 Å². The van der Waals surface area contributed by atoms with E-state index in [-0.39, 0.29) is 17.0 Å². The highest BCUT2D eigenvalue weighted by Crippen LogP contribution is 1.74. The first-order valence-electron chi connectivity index (χ1n) is 2.53. The van der Waals surface area contributed by atoms with E-state index >= 15 is 0 Å². The van der Waals surface area contributed by atoms with Crippen LogP contribution in [-0.2, 0) is 0 Å². The standard InChI is InChI=1S/C6H13N.BrH/c1-4-5-6-7(2)3;/h4-5H,6H2,1-3H3;1H. The molecule has 0 aliphatic carbocycles. The quantitative estimate of drug-likeness (QED) is 0.584. The number of allylic oxidation sites excluding steroid dienone is 1. The van der Waals surface area contributed by atoms with Gasteiger partial charge in [0.25, 0.3) is 0 Å². The molecule has 0 aromatic carbocycles. The number of hydrogen-bond donors (Lipinski definition) is 0. The van der Waals surface area contributed by atoms with Crippen LogP contribution in [0.2, 0.25) is 0 Å². The highest BCUT2D eigenvalue weighted by molar-refractivity contribution is 8.93. The van der Waals surface area contributed by atoms with Gasteiger partial charge < -0.3 is 4.90 Å². The highest BCUT2D eigenvalue weighted by atomic mass is 79.9. The fourth-order valence-corrected chi connectivity index (χ4v) is 0.316. The van der Waals surface area contributed by atoms with Gasteiger partial charge in [-0.1, -0.05) is 12.2 Å². The van der Waals surface area contributed by atoms with Crippen molar-refractivity contribution in [3.8, 4) is 0 Å². The molecule has 0 saturated heterocycles. The van der Waals surface area contributed by atoms with E-state index in [1.54, 1.807) is 0 Å². The van der Waals surface area contributed by atoms with Crippen molar-refractivity contribution < 1.29 is 0 Å². The van der Waals surface area contributed by atoms with Crippen LogP contribution in [0.15, 0.2) is 12.2 Å². The molecule has 2 heteroatoms. The van der Waals surface area contributed by atoms with E-state index in [1.165, 1.54) is 0 Å². The average molecular weight is 180 g/mol. The maximum atomic E-state index is 2.12.